The summed E-state index contributed by atoms with van der Waals surface area (Å²) in [6.45, 7) is 2.87. The maximum atomic E-state index is 9.33. The Kier molecular flexibility index (Phi) is 5.64. The van der Waals surface area contributed by atoms with Gasteiger partial charge in [0, 0.05) is 24.7 Å². The van der Waals surface area contributed by atoms with E-state index >= 15 is 0 Å². The molecule has 2 rings (SSSR count). The molecule has 1 atom stereocenters. The first-order valence-electron chi connectivity index (χ1n) is 7.43. The van der Waals surface area contributed by atoms with E-state index in [1.165, 1.54) is 12.8 Å². The molecule has 0 aromatic heterocycles. The second-order valence-corrected chi connectivity index (χ2v) is 5.94. The molecule has 5 nitrogen and oxygen atoms in total. The zero-order valence-electron chi connectivity index (χ0n) is 13.1. The zero-order chi connectivity index (χ0) is 15.4. The second kappa shape index (κ2) is 7.27. The highest BCUT2D eigenvalue weighted by molar-refractivity contribution is 6.58. The van der Waals surface area contributed by atoms with Crippen LogP contribution in [0, 0.1) is 0 Å². The van der Waals surface area contributed by atoms with Gasteiger partial charge in [-0.15, -0.1) is 0 Å². The molecule has 1 aromatic rings. The summed E-state index contributed by atoms with van der Waals surface area (Å²) in [5.41, 5.74) is 1.51. The molecule has 1 aliphatic heterocycles. The third kappa shape index (κ3) is 4.20. The van der Waals surface area contributed by atoms with E-state index in [1.807, 2.05) is 6.07 Å². The maximum absolute atomic E-state index is 9.33. The summed E-state index contributed by atoms with van der Waals surface area (Å²) < 4.78 is 5.40. The predicted octanol–water partition coefficient (Wildman–Crippen LogP) is -0.0990. The topological polar surface area (TPSA) is 56.2 Å². The average molecular weight is 292 g/mol. The first-order valence-corrected chi connectivity index (χ1v) is 7.43. The third-order valence-electron chi connectivity index (χ3n) is 4.21. The van der Waals surface area contributed by atoms with Crippen LogP contribution in [0.5, 0.6) is 5.75 Å². The minimum atomic E-state index is -1.44. The fraction of sp³-hybridized carbons (Fsp3) is 0.600. The lowest BCUT2D eigenvalue weighted by molar-refractivity contribution is 0.127. The van der Waals surface area contributed by atoms with Crippen LogP contribution in [0.1, 0.15) is 18.4 Å². The van der Waals surface area contributed by atoms with Gasteiger partial charge in [-0.25, -0.2) is 0 Å². The number of ether oxygens (including phenoxy) is 1. The smallest absolute Gasteiger partial charge is 0.488 e. The quantitative estimate of drug-likeness (QED) is 0.742. The van der Waals surface area contributed by atoms with E-state index in [0.29, 0.717) is 11.5 Å². The van der Waals surface area contributed by atoms with E-state index in [4.69, 9.17) is 4.74 Å². The predicted molar refractivity (Wildman–Crippen MR) is 84.8 cm³/mol. The van der Waals surface area contributed by atoms with Crippen LogP contribution in [0.2, 0.25) is 0 Å². The molecule has 6 heteroatoms. The van der Waals surface area contributed by atoms with Crippen LogP contribution in [0.25, 0.3) is 0 Å². The van der Waals surface area contributed by atoms with E-state index in [-0.39, 0.29) is 0 Å². The fourth-order valence-electron chi connectivity index (χ4n) is 2.92. The molecule has 116 valence electrons. The third-order valence-corrected chi connectivity index (χ3v) is 4.21. The van der Waals surface area contributed by atoms with Crippen LogP contribution in [0.3, 0.4) is 0 Å². The number of likely N-dealkylation sites (tertiary alicyclic amines) is 1. The Hall–Kier alpha value is -1.08. The van der Waals surface area contributed by atoms with E-state index < -0.39 is 7.12 Å². The van der Waals surface area contributed by atoms with Gasteiger partial charge in [0.05, 0.1) is 7.11 Å². The first-order chi connectivity index (χ1) is 10.0. The fourth-order valence-corrected chi connectivity index (χ4v) is 2.92. The Morgan fingerprint density at radius 1 is 1.38 bits per heavy atom. The summed E-state index contributed by atoms with van der Waals surface area (Å²) in [7, 11) is 4.45. The lowest BCUT2D eigenvalue weighted by Crippen LogP contribution is -2.44. The highest BCUT2D eigenvalue weighted by atomic mass is 16.5. The van der Waals surface area contributed by atoms with Crippen LogP contribution >= 0.6 is 0 Å². The Morgan fingerprint density at radius 2 is 2.14 bits per heavy atom. The van der Waals surface area contributed by atoms with Crippen molar-refractivity contribution >= 4 is 12.6 Å². The van der Waals surface area contributed by atoms with Crippen molar-refractivity contribution in [2.75, 3.05) is 34.3 Å². The second-order valence-electron chi connectivity index (χ2n) is 5.94. The number of hydrogen-bond donors (Lipinski definition) is 2. The molecule has 1 saturated heterocycles. The van der Waals surface area contributed by atoms with Crippen LogP contribution < -0.4 is 10.2 Å². The molecule has 0 bridgehead atoms. The minimum Gasteiger partial charge on any atom is -0.496 e. The van der Waals surface area contributed by atoms with Crippen LogP contribution in [-0.2, 0) is 6.54 Å². The lowest BCUT2D eigenvalue weighted by Gasteiger charge is -2.36. The van der Waals surface area contributed by atoms with Gasteiger partial charge in [-0.2, -0.15) is 0 Å². The van der Waals surface area contributed by atoms with Crippen molar-refractivity contribution in [3.8, 4) is 5.75 Å². The Labute approximate surface area is 127 Å². The molecular weight excluding hydrogens is 267 g/mol. The number of likely N-dealkylation sites (N-methyl/N-ethyl adjacent to an activating group) is 1. The summed E-state index contributed by atoms with van der Waals surface area (Å²) in [5, 5.41) is 18.7. The van der Waals surface area contributed by atoms with Gasteiger partial charge in [0.1, 0.15) is 5.75 Å². The van der Waals surface area contributed by atoms with Gasteiger partial charge in [0.2, 0.25) is 0 Å². The van der Waals surface area contributed by atoms with Gasteiger partial charge in [-0.1, -0.05) is 12.1 Å². The molecule has 2 N–H and O–H groups in total. The summed E-state index contributed by atoms with van der Waals surface area (Å²) in [4.78, 5) is 4.68. The Morgan fingerprint density at radius 3 is 2.76 bits per heavy atom. The zero-order valence-corrected chi connectivity index (χ0v) is 13.1. The maximum Gasteiger partial charge on any atom is 0.488 e. The van der Waals surface area contributed by atoms with Crippen LogP contribution in [0.15, 0.2) is 18.2 Å². The van der Waals surface area contributed by atoms with Crippen molar-refractivity contribution in [2.24, 2.45) is 0 Å². The van der Waals surface area contributed by atoms with Gasteiger partial charge >= 0.3 is 7.12 Å². The monoisotopic (exact) mass is 292 g/mol. The van der Waals surface area contributed by atoms with Gasteiger partial charge in [0.25, 0.3) is 0 Å². The lowest BCUT2D eigenvalue weighted by atomic mass is 9.79. The van der Waals surface area contributed by atoms with Crippen LogP contribution in [-0.4, -0.2) is 67.3 Å². The molecular formula is C15H25BN2O3. The van der Waals surface area contributed by atoms with Crippen molar-refractivity contribution < 1.29 is 14.8 Å². The molecule has 0 spiro atoms. The standard InChI is InChI=1S/C15H25BN2O3/c1-17(2)14-5-4-8-18(11-14)10-12-9-13(16(19)20)6-7-15(12)21-3/h6-7,9,14,19-20H,4-5,8,10-11H2,1-3H3. The van der Waals surface area contributed by atoms with Crippen molar-refractivity contribution in [1.82, 2.24) is 9.80 Å². The molecule has 0 aliphatic carbocycles. The van der Waals surface area contributed by atoms with Crippen molar-refractivity contribution in [3.05, 3.63) is 23.8 Å². The number of piperidine rings is 1. The highest BCUT2D eigenvalue weighted by Gasteiger charge is 2.23. The normalized spacial score (nSPS) is 19.8. The summed E-state index contributed by atoms with van der Waals surface area (Å²) >= 11 is 0. The first kappa shape index (κ1) is 16.3. The molecule has 1 aliphatic rings. The summed E-state index contributed by atoms with van der Waals surface area (Å²) in [5.74, 6) is 0.798. The summed E-state index contributed by atoms with van der Waals surface area (Å²) in [6, 6.07) is 5.89. The van der Waals surface area contributed by atoms with E-state index in [0.717, 1.165) is 30.9 Å². The molecule has 1 heterocycles. The van der Waals surface area contributed by atoms with Crippen molar-refractivity contribution in [1.29, 1.82) is 0 Å². The van der Waals surface area contributed by atoms with Gasteiger partial charge in [-0.3, -0.25) is 4.90 Å². The highest BCUT2D eigenvalue weighted by Crippen LogP contribution is 2.22. The van der Waals surface area contributed by atoms with Crippen molar-refractivity contribution in [2.45, 2.75) is 25.4 Å². The summed E-state index contributed by atoms with van der Waals surface area (Å²) in [6.07, 6.45) is 2.42. The van der Waals surface area contributed by atoms with E-state index in [2.05, 4.69) is 23.9 Å². The van der Waals surface area contributed by atoms with E-state index in [1.54, 1.807) is 19.2 Å². The van der Waals surface area contributed by atoms with Gasteiger partial charge in [0.15, 0.2) is 0 Å². The number of hydrogen-bond acceptors (Lipinski definition) is 5. The largest absolute Gasteiger partial charge is 0.496 e. The molecule has 1 aromatic carbocycles. The Balaban J connectivity index is 2.12. The SMILES string of the molecule is COc1ccc(B(O)O)cc1CN1CCCC(N(C)C)C1. The molecule has 1 fully saturated rings. The van der Waals surface area contributed by atoms with Gasteiger partial charge in [-0.05, 0) is 45.0 Å². The minimum absolute atomic E-state index is 0.506. The molecule has 0 saturated carbocycles. The van der Waals surface area contributed by atoms with Crippen LogP contribution in [0.4, 0.5) is 0 Å². The van der Waals surface area contributed by atoms with Crippen molar-refractivity contribution in [3.63, 3.8) is 0 Å². The van der Waals surface area contributed by atoms with E-state index in [9.17, 15) is 10.0 Å². The number of benzene rings is 1. The number of methoxy groups -OCH3 is 1. The molecule has 0 radical (unpaired) electrons. The van der Waals surface area contributed by atoms with Gasteiger partial charge < -0.3 is 19.7 Å². The molecule has 21 heavy (non-hydrogen) atoms. The Bertz CT molecular complexity index is 468. The average Bonchev–Trinajstić information content (AvgIpc) is 2.47. The molecule has 0 amide bonds. The number of nitrogens with zero attached hydrogens (tertiary/aromatic N) is 2. The number of rotatable bonds is 5. The molecule has 1 unspecified atom stereocenters.